The van der Waals surface area contributed by atoms with Crippen molar-refractivity contribution in [2.45, 2.75) is 83.3 Å². The Kier molecular flexibility index (Phi) is 11.4. The summed E-state index contributed by atoms with van der Waals surface area (Å²) in [6.45, 7) is 4.74. The van der Waals surface area contributed by atoms with E-state index in [0.717, 1.165) is 50.4 Å². The third-order valence-electron chi connectivity index (χ3n) is 7.01. The average Bonchev–Trinajstić information content (AvgIpc) is 3.45. The maximum Gasteiger partial charge on any atom is 0.164 e. The van der Waals surface area contributed by atoms with E-state index in [1.54, 1.807) is 14.2 Å². The van der Waals surface area contributed by atoms with Gasteiger partial charge in [-0.25, -0.2) is 0 Å². The Morgan fingerprint density at radius 1 is 0.879 bits per heavy atom. The largest absolute Gasteiger partial charge is 0.493 e. The van der Waals surface area contributed by atoms with Crippen LogP contribution in [0.2, 0.25) is 0 Å². The molecular formula is C28H44O5. The molecule has 2 heterocycles. The number of methoxy groups -OCH3 is 2. The normalized spacial score (nSPS) is 24.0. The lowest BCUT2D eigenvalue weighted by Crippen LogP contribution is -2.30. The van der Waals surface area contributed by atoms with E-state index in [4.69, 9.17) is 23.7 Å². The molecule has 2 aliphatic rings. The molecule has 0 aliphatic carbocycles. The molecule has 0 unspecified atom stereocenters. The molecule has 4 atom stereocenters. The predicted molar refractivity (Wildman–Crippen MR) is 132 cm³/mol. The zero-order valence-electron chi connectivity index (χ0n) is 20.9. The van der Waals surface area contributed by atoms with Crippen LogP contribution in [0, 0.1) is 11.8 Å². The van der Waals surface area contributed by atoms with Crippen molar-refractivity contribution in [3.8, 4) is 17.2 Å². The highest BCUT2D eigenvalue weighted by molar-refractivity contribution is 5.45. The van der Waals surface area contributed by atoms with Gasteiger partial charge in [-0.2, -0.15) is 0 Å². The van der Waals surface area contributed by atoms with Crippen LogP contribution in [-0.2, 0) is 9.47 Å². The summed E-state index contributed by atoms with van der Waals surface area (Å²) in [5.74, 6) is 3.44. The molecular weight excluding hydrogens is 416 g/mol. The zero-order chi connectivity index (χ0) is 23.3. The molecule has 0 saturated carbocycles. The molecule has 0 amide bonds. The second kappa shape index (κ2) is 14.5. The fraction of sp³-hybridized carbons (Fsp3) is 0.714. The molecule has 1 aromatic rings. The molecule has 33 heavy (non-hydrogen) atoms. The standard InChI is InChI=1S/C28H44O5/c1-4-5-6-11-18-31-21-24-23(25-16-17-26(24)33-25)13-10-8-7-9-12-19-32-22-14-15-27(29-2)28(20-22)30-3/h8,10,14-15,20,23-26H,4-7,9,11-13,16-19,21H2,1-3H3/b10-8-/t23-,24+,25-,26+/m1/s1. The number of fused-ring (bicyclic) bond motifs is 2. The third-order valence-corrected chi connectivity index (χ3v) is 7.01. The molecule has 0 N–H and O–H groups in total. The van der Waals surface area contributed by atoms with Crippen molar-refractivity contribution < 1.29 is 23.7 Å². The maximum atomic E-state index is 6.23. The van der Waals surface area contributed by atoms with Gasteiger partial charge in [0.15, 0.2) is 11.5 Å². The second-order valence-electron chi connectivity index (χ2n) is 9.32. The van der Waals surface area contributed by atoms with Crippen LogP contribution in [0.5, 0.6) is 17.2 Å². The molecule has 1 aromatic carbocycles. The summed E-state index contributed by atoms with van der Waals surface area (Å²) in [6.07, 6.45) is 17.5. The summed E-state index contributed by atoms with van der Waals surface area (Å²) in [4.78, 5) is 0. The molecule has 186 valence electrons. The van der Waals surface area contributed by atoms with Gasteiger partial charge in [0.05, 0.1) is 39.6 Å². The predicted octanol–water partition coefficient (Wildman–Crippen LogP) is 6.59. The second-order valence-corrected chi connectivity index (χ2v) is 9.32. The first-order valence-electron chi connectivity index (χ1n) is 13.0. The Hall–Kier alpha value is -1.72. The van der Waals surface area contributed by atoms with E-state index in [9.17, 15) is 0 Å². The van der Waals surface area contributed by atoms with Gasteiger partial charge in [-0.1, -0.05) is 38.3 Å². The highest BCUT2D eigenvalue weighted by Crippen LogP contribution is 2.45. The molecule has 3 rings (SSSR count). The van der Waals surface area contributed by atoms with Crippen LogP contribution in [0.1, 0.15) is 71.1 Å². The van der Waals surface area contributed by atoms with E-state index in [0.29, 0.717) is 36.4 Å². The Bertz CT molecular complexity index is 704. The molecule has 5 nitrogen and oxygen atoms in total. The third kappa shape index (κ3) is 7.92. The summed E-state index contributed by atoms with van der Waals surface area (Å²) in [5, 5.41) is 0. The quantitative estimate of drug-likeness (QED) is 0.194. The number of benzene rings is 1. The monoisotopic (exact) mass is 460 g/mol. The Labute approximate surface area is 200 Å². The number of unbranched alkanes of at least 4 members (excludes halogenated alkanes) is 5. The number of ether oxygens (including phenoxy) is 5. The summed E-state index contributed by atoms with van der Waals surface area (Å²) < 4.78 is 28.7. The molecule has 0 radical (unpaired) electrons. The fourth-order valence-corrected chi connectivity index (χ4v) is 5.11. The molecule has 0 aromatic heterocycles. The van der Waals surface area contributed by atoms with Crippen LogP contribution in [-0.4, -0.2) is 46.2 Å². The minimum absolute atomic E-state index is 0.428. The van der Waals surface area contributed by atoms with Crippen LogP contribution >= 0.6 is 0 Å². The maximum absolute atomic E-state index is 6.23. The minimum Gasteiger partial charge on any atom is -0.493 e. The van der Waals surface area contributed by atoms with Crippen LogP contribution in [0.3, 0.4) is 0 Å². The first-order chi connectivity index (χ1) is 16.3. The van der Waals surface area contributed by atoms with E-state index in [1.165, 1.54) is 38.5 Å². The van der Waals surface area contributed by atoms with Crippen molar-refractivity contribution in [1.82, 2.24) is 0 Å². The van der Waals surface area contributed by atoms with Crippen molar-refractivity contribution in [3.63, 3.8) is 0 Å². The average molecular weight is 461 g/mol. The van der Waals surface area contributed by atoms with Gasteiger partial charge in [0, 0.05) is 18.6 Å². The Morgan fingerprint density at radius 3 is 2.45 bits per heavy atom. The summed E-state index contributed by atoms with van der Waals surface area (Å²) in [5.41, 5.74) is 0. The molecule has 2 saturated heterocycles. The van der Waals surface area contributed by atoms with Gasteiger partial charge in [-0.3, -0.25) is 0 Å². The highest BCUT2D eigenvalue weighted by atomic mass is 16.5. The number of allylic oxidation sites excluding steroid dienone is 2. The summed E-state index contributed by atoms with van der Waals surface area (Å²) in [7, 11) is 3.28. The lowest BCUT2D eigenvalue weighted by molar-refractivity contribution is 0.0478. The zero-order valence-corrected chi connectivity index (χ0v) is 20.9. The van der Waals surface area contributed by atoms with E-state index in [-0.39, 0.29) is 0 Å². The Balaban J connectivity index is 1.29. The minimum atomic E-state index is 0.428. The number of rotatable bonds is 17. The first-order valence-corrected chi connectivity index (χ1v) is 13.0. The van der Waals surface area contributed by atoms with Gasteiger partial charge in [-0.15, -0.1) is 0 Å². The summed E-state index contributed by atoms with van der Waals surface area (Å²) >= 11 is 0. The van der Waals surface area contributed by atoms with Crippen molar-refractivity contribution >= 4 is 0 Å². The van der Waals surface area contributed by atoms with Gasteiger partial charge in [0.2, 0.25) is 0 Å². The topological polar surface area (TPSA) is 46.2 Å². The van der Waals surface area contributed by atoms with E-state index in [1.807, 2.05) is 18.2 Å². The van der Waals surface area contributed by atoms with Crippen molar-refractivity contribution in [2.75, 3.05) is 34.0 Å². The van der Waals surface area contributed by atoms with Gasteiger partial charge in [-0.05, 0) is 63.0 Å². The van der Waals surface area contributed by atoms with Gasteiger partial charge >= 0.3 is 0 Å². The van der Waals surface area contributed by atoms with E-state index in [2.05, 4.69) is 19.1 Å². The molecule has 5 heteroatoms. The van der Waals surface area contributed by atoms with Gasteiger partial charge in [0.25, 0.3) is 0 Å². The number of hydrogen-bond acceptors (Lipinski definition) is 5. The Morgan fingerprint density at radius 2 is 1.67 bits per heavy atom. The SMILES string of the molecule is CCCCCCOC[C@H]1[C@@H](C/C=C\CCCCOc2ccc(OC)c(OC)c2)[C@H]2CC[C@@H]1O2. The van der Waals surface area contributed by atoms with Crippen molar-refractivity contribution in [2.24, 2.45) is 11.8 Å². The lowest BCUT2D eigenvalue weighted by atomic mass is 9.78. The van der Waals surface area contributed by atoms with Gasteiger partial charge < -0.3 is 23.7 Å². The summed E-state index contributed by atoms with van der Waals surface area (Å²) in [6, 6.07) is 5.67. The van der Waals surface area contributed by atoms with Crippen LogP contribution in [0.15, 0.2) is 30.4 Å². The van der Waals surface area contributed by atoms with E-state index >= 15 is 0 Å². The molecule has 0 spiro atoms. The van der Waals surface area contributed by atoms with Crippen molar-refractivity contribution in [1.29, 1.82) is 0 Å². The van der Waals surface area contributed by atoms with Crippen LogP contribution in [0.25, 0.3) is 0 Å². The molecule has 2 aliphatic heterocycles. The highest BCUT2D eigenvalue weighted by Gasteiger charge is 2.48. The van der Waals surface area contributed by atoms with Gasteiger partial charge in [0.1, 0.15) is 5.75 Å². The van der Waals surface area contributed by atoms with Crippen molar-refractivity contribution in [3.05, 3.63) is 30.4 Å². The molecule has 2 bridgehead atoms. The smallest absolute Gasteiger partial charge is 0.164 e. The van der Waals surface area contributed by atoms with E-state index < -0.39 is 0 Å². The molecule has 2 fully saturated rings. The number of hydrogen-bond donors (Lipinski definition) is 0. The first kappa shape index (κ1) is 25.9. The fourth-order valence-electron chi connectivity index (χ4n) is 5.11. The van der Waals surface area contributed by atoms with Crippen LogP contribution in [0.4, 0.5) is 0 Å². The van der Waals surface area contributed by atoms with Crippen LogP contribution < -0.4 is 14.2 Å². The lowest BCUT2D eigenvalue weighted by Gasteiger charge is -2.27.